The maximum absolute atomic E-state index is 12.3. The first kappa shape index (κ1) is 20.0. The number of hydrogen-bond donors (Lipinski definition) is 1. The second-order valence-electron chi connectivity index (χ2n) is 6.60. The Labute approximate surface area is 177 Å². The lowest BCUT2D eigenvalue weighted by atomic mass is 10.1. The Morgan fingerprint density at radius 1 is 1.00 bits per heavy atom. The Kier molecular flexibility index (Phi) is 6.65. The van der Waals surface area contributed by atoms with E-state index in [9.17, 15) is 4.79 Å². The van der Waals surface area contributed by atoms with Gasteiger partial charge in [0.25, 0.3) is 5.56 Å². The summed E-state index contributed by atoms with van der Waals surface area (Å²) in [5.41, 5.74) is 5.36. The fourth-order valence-electron chi connectivity index (χ4n) is 2.94. The van der Waals surface area contributed by atoms with Crippen LogP contribution in [-0.4, -0.2) is 4.98 Å². The van der Waals surface area contributed by atoms with Crippen LogP contribution < -0.4 is 10.3 Å². The first-order valence-corrected chi connectivity index (χ1v) is 11.0. The van der Waals surface area contributed by atoms with E-state index >= 15 is 0 Å². The fourth-order valence-corrected chi connectivity index (χ4v) is 4.59. The number of nitrogens with one attached hydrogen (secondary N) is 1. The van der Waals surface area contributed by atoms with Crippen molar-refractivity contribution >= 4 is 34.4 Å². The molecule has 140 valence electrons. The Hall–Kier alpha value is -1.73. The van der Waals surface area contributed by atoms with E-state index in [1.54, 1.807) is 0 Å². The largest absolute Gasteiger partial charge is 0.456 e. The molecule has 3 nitrogen and oxygen atoms in total. The van der Waals surface area contributed by atoms with Crippen molar-refractivity contribution in [1.82, 2.24) is 4.98 Å². The molecular weight excluding hydrogens is 469 g/mol. The number of aromatic nitrogens is 1. The third-order valence-electron chi connectivity index (χ3n) is 4.20. The number of H-pyrrole nitrogens is 1. The highest BCUT2D eigenvalue weighted by atomic mass is 127. The molecule has 0 amide bonds. The summed E-state index contributed by atoms with van der Waals surface area (Å²) >= 11 is 3.89. The summed E-state index contributed by atoms with van der Waals surface area (Å²) in [5, 5.41) is 0. The second kappa shape index (κ2) is 8.97. The van der Waals surface area contributed by atoms with E-state index in [-0.39, 0.29) is 5.56 Å². The minimum absolute atomic E-state index is 0.107. The maximum atomic E-state index is 12.3. The van der Waals surface area contributed by atoms with Gasteiger partial charge in [-0.1, -0.05) is 36.4 Å². The number of benzene rings is 2. The lowest BCUT2D eigenvalue weighted by Gasteiger charge is -2.16. The fraction of sp³-hybridized carbons (Fsp3) is 0.227. The Balaban J connectivity index is 1.88. The van der Waals surface area contributed by atoms with Crippen molar-refractivity contribution in [3.63, 3.8) is 0 Å². The first-order chi connectivity index (χ1) is 12.9. The molecule has 0 fully saturated rings. The molecule has 0 aliphatic rings. The topological polar surface area (TPSA) is 42.1 Å². The molecule has 5 heteroatoms. The smallest absolute Gasteiger partial charge is 0.265 e. The normalized spacial score (nSPS) is 10.8. The van der Waals surface area contributed by atoms with E-state index in [0.717, 1.165) is 39.6 Å². The van der Waals surface area contributed by atoms with Crippen LogP contribution in [0.2, 0.25) is 0 Å². The molecule has 0 spiro atoms. The molecule has 0 saturated heterocycles. The van der Waals surface area contributed by atoms with E-state index < -0.39 is 0 Å². The summed E-state index contributed by atoms with van der Waals surface area (Å²) in [4.78, 5) is 15.2. The van der Waals surface area contributed by atoms with Crippen molar-refractivity contribution in [2.75, 3.05) is 0 Å². The van der Waals surface area contributed by atoms with Crippen molar-refractivity contribution in [1.29, 1.82) is 0 Å². The van der Waals surface area contributed by atoms with E-state index in [4.69, 9.17) is 4.74 Å². The predicted molar refractivity (Wildman–Crippen MR) is 122 cm³/mol. The van der Waals surface area contributed by atoms with Gasteiger partial charge in [-0.2, -0.15) is 11.8 Å². The van der Waals surface area contributed by atoms with Crippen molar-refractivity contribution < 1.29 is 4.74 Å². The monoisotopic (exact) mass is 491 g/mol. The van der Waals surface area contributed by atoms with Crippen molar-refractivity contribution in [2.24, 2.45) is 0 Å². The summed E-state index contributed by atoms with van der Waals surface area (Å²) in [7, 11) is 0. The highest BCUT2D eigenvalue weighted by Crippen LogP contribution is 2.33. The number of rotatable bonds is 6. The molecule has 2 aromatic carbocycles. The van der Waals surface area contributed by atoms with Gasteiger partial charge in [0.2, 0.25) is 0 Å². The minimum Gasteiger partial charge on any atom is -0.456 e. The first-order valence-electron chi connectivity index (χ1n) is 8.73. The van der Waals surface area contributed by atoms with Gasteiger partial charge in [-0.05, 0) is 72.2 Å². The van der Waals surface area contributed by atoms with Gasteiger partial charge in [0.15, 0.2) is 5.75 Å². The third kappa shape index (κ3) is 5.17. The summed E-state index contributed by atoms with van der Waals surface area (Å²) in [6.45, 7) is 6.03. The average molecular weight is 491 g/mol. The van der Waals surface area contributed by atoms with Gasteiger partial charge >= 0.3 is 0 Å². The zero-order valence-corrected chi connectivity index (χ0v) is 18.6. The van der Waals surface area contributed by atoms with Crippen LogP contribution in [0.25, 0.3) is 0 Å². The molecule has 0 unspecified atom stereocenters. The SMILES string of the molecule is Cc1cc(C)cc(Oc2c(CSCc3ccccc3)c(C)[nH]c(=O)c2I)c1. The molecule has 0 aliphatic heterocycles. The van der Waals surface area contributed by atoms with Crippen LogP contribution in [0.15, 0.2) is 53.3 Å². The highest BCUT2D eigenvalue weighted by molar-refractivity contribution is 14.1. The molecule has 0 radical (unpaired) electrons. The molecule has 1 aromatic heterocycles. The number of aryl methyl sites for hydroxylation is 3. The van der Waals surface area contributed by atoms with Crippen LogP contribution in [0.5, 0.6) is 11.5 Å². The molecule has 0 bridgehead atoms. The molecule has 3 rings (SSSR count). The van der Waals surface area contributed by atoms with Gasteiger partial charge in [0, 0.05) is 22.8 Å². The van der Waals surface area contributed by atoms with Gasteiger partial charge in [0.1, 0.15) is 9.32 Å². The third-order valence-corrected chi connectivity index (χ3v) is 6.21. The Bertz CT molecular complexity index is 979. The zero-order chi connectivity index (χ0) is 19.4. The van der Waals surface area contributed by atoms with Gasteiger partial charge in [-0.25, -0.2) is 0 Å². The lowest BCUT2D eigenvalue weighted by molar-refractivity contribution is 0.471. The molecule has 0 saturated carbocycles. The molecular formula is C22H22INO2S. The van der Waals surface area contributed by atoms with Gasteiger partial charge in [-0.15, -0.1) is 0 Å². The van der Waals surface area contributed by atoms with Crippen LogP contribution in [-0.2, 0) is 11.5 Å². The predicted octanol–water partition coefficient (Wildman–Crippen LogP) is 6.13. The zero-order valence-electron chi connectivity index (χ0n) is 15.6. The van der Waals surface area contributed by atoms with Crippen molar-refractivity contribution in [2.45, 2.75) is 32.3 Å². The van der Waals surface area contributed by atoms with Crippen LogP contribution in [0.4, 0.5) is 0 Å². The van der Waals surface area contributed by atoms with E-state index in [1.165, 1.54) is 5.56 Å². The van der Waals surface area contributed by atoms with E-state index in [0.29, 0.717) is 9.32 Å². The van der Waals surface area contributed by atoms with Gasteiger partial charge in [-0.3, -0.25) is 4.79 Å². The van der Waals surface area contributed by atoms with Crippen LogP contribution in [0.1, 0.15) is 27.9 Å². The summed E-state index contributed by atoms with van der Waals surface area (Å²) in [5.74, 6) is 3.12. The lowest BCUT2D eigenvalue weighted by Crippen LogP contribution is -2.15. The van der Waals surface area contributed by atoms with Crippen LogP contribution in [0, 0.1) is 24.3 Å². The minimum atomic E-state index is -0.107. The number of halogens is 1. The molecule has 1 N–H and O–H groups in total. The van der Waals surface area contributed by atoms with Gasteiger partial charge in [0.05, 0.1) is 0 Å². The summed E-state index contributed by atoms with van der Waals surface area (Å²) in [6, 6.07) is 16.5. The molecule has 27 heavy (non-hydrogen) atoms. The second-order valence-corrected chi connectivity index (χ2v) is 8.67. The molecule has 0 atom stereocenters. The number of aromatic amines is 1. The molecule has 0 aliphatic carbocycles. The number of hydrogen-bond acceptors (Lipinski definition) is 3. The van der Waals surface area contributed by atoms with Gasteiger partial charge < -0.3 is 9.72 Å². The standard InChI is InChI=1S/C22H22INO2S/c1-14-9-15(2)11-18(10-14)26-21-19(16(3)24-22(25)20(21)23)13-27-12-17-7-5-4-6-8-17/h4-11H,12-13H2,1-3H3,(H,24,25). The highest BCUT2D eigenvalue weighted by Gasteiger charge is 2.17. The summed E-state index contributed by atoms with van der Waals surface area (Å²) < 4.78 is 6.82. The molecule has 3 aromatic rings. The average Bonchev–Trinajstić information content (AvgIpc) is 2.62. The van der Waals surface area contributed by atoms with E-state index in [1.807, 2.05) is 50.7 Å². The summed E-state index contributed by atoms with van der Waals surface area (Å²) in [6.07, 6.45) is 0. The van der Waals surface area contributed by atoms with Crippen molar-refractivity contribution in [3.05, 3.63) is 90.4 Å². The number of pyridine rings is 1. The Morgan fingerprint density at radius 2 is 1.67 bits per heavy atom. The van der Waals surface area contributed by atoms with Crippen LogP contribution in [0.3, 0.4) is 0 Å². The van der Waals surface area contributed by atoms with Crippen molar-refractivity contribution in [3.8, 4) is 11.5 Å². The van der Waals surface area contributed by atoms with E-state index in [2.05, 4.69) is 57.9 Å². The molecule has 1 heterocycles. The van der Waals surface area contributed by atoms with Crippen LogP contribution >= 0.6 is 34.4 Å². The quantitative estimate of drug-likeness (QED) is 0.422. The number of thioether (sulfide) groups is 1. The number of ether oxygens (including phenoxy) is 1. The maximum Gasteiger partial charge on any atom is 0.265 e. The Morgan fingerprint density at radius 3 is 2.33 bits per heavy atom.